The maximum absolute atomic E-state index is 12.1. The van der Waals surface area contributed by atoms with Gasteiger partial charge in [0.2, 0.25) is 0 Å². The Labute approximate surface area is 142 Å². The molecule has 1 aromatic carbocycles. The molecule has 2 aromatic rings. The number of nitrogens with two attached hydrogens (primary N) is 1. The Morgan fingerprint density at radius 1 is 1.27 bits per heavy atom. The summed E-state index contributed by atoms with van der Waals surface area (Å²) < 4.78 is 0. The van der Waals surface area contributed by atoms with Crippen molar-refractivity contribution in [2.24, 2.45) is 5.10 Å². The molecule has 0 radical (unpaired) electrons. The van der Waals surface area contributed by atoms with Crippen molar-refractivity contribution in [3.63, 3.8) is 0 Å². The number of rotatable bonds is 3. The Hall–Kier alpha value is -1.82. The molecule has 1 amide bonds. The van der Waals surface area contributed by atoms with E-state index in [2.05, 4.69) is 15.5 Å². The van der Waals surface area contributed by atoms with Crippen molar-refractivity contribution >= 4 is 52.6 Å². The first-order valence-electron chi connectivity index (χ1n) is 6.16. The van der Waals surface area contributed by atoms with E-state index in [1.54, 1.807) is 0 Å². The Bertz CT molecular complexity index is 762. The minimum atomic E-state index is -0.583. The zero-order valence-corrected chi connectivity index (χ0v) is 13.7. The third-order valence-electron chi connectivity index (χ3n) is 2.91. The number of hydrogen-bond donors (Lipinski definition) is 2. The van der Waals surface area contributed by atoms with Crippen molar-refractivity contribution in [3.8, 4) is 0 Å². The smallest absolute Gasteiger partial charge is 0.337 e. The number of H-pyrrole nitrogens is 1. The van der Waals surface area contributed by atoms with Crippen LogP contribution in [0.2, 0.25) is 15.2 Å². The number of benzene rings is 1. The fourth-order valence-electron chi connectivity index (χ4n) is 1.67. The first-order valence-corrected chi connectivity index (χ1v) is 7.29. The van der Waals surface area contributed by atoms with Crippen LogP contribution in [0.15, 0.2) is 29.4 Å². The van der Waals surface area contributed by atoms with Crippen LogP contribution >= 0.6 is 34.8 Å². The minimum absolute atomic E-state index is 0.0157. The summed E-state index contributed by atoms with van der Waals surface area (Å²) in [5.74, 6) is -0.583. The second-order valence-electron chi connectivity index (χ2n) is 4.41. The van der Waals surface area contributed by atoms with Gasteiger partial charge >= 0.3 is 5.91 Å². The van der Waals surface area contributed by atoms with Crippen LogP contribution in [0, 0.1) is 6.92 Å². The molecular formula is C14H12Cl3N4O+. The third-order valence-corrected chi connectivity index (χ3v) is 4.07. The van der Waals surface area contributed by atoms with Crippen molar-refractivity contribution in [2.45, 2.75) is 6.92 Å². The molecular weight excluding hydrogens is 347 g/mol. The number of nitrogens with one attached hydrogen (secondary N) is 2. The van der Waals surface area contributed by atoms with Crippen LogP contribution in [0.1, 0.15) is 21.6 Å². The Balaban J connectivity index is 2.19. The second kappa shape index (κ2) is 6.96. The lowest BCUT2D eigenvalue weighted by molar-refractivity contribution is -0.379. The number of amides is 1. The van der Waals surface area contributed by atoms with Crippen molar-refractivity contribution in [1.82, 2.24) is 5.43 Å². The van der Waals surface area contributed by atoms with Gasteiger partial charge in [-0.25, -0.2) is 5.43 Å². The molecule has 0 atom stereocenters. The van der Waals surface area contributed by atoms with Crippen LogP contribution in [-0.2, 0) is 0 Å². The molecule has 0 saturated heterocycles. The van der Waals surface area contributed by atoms with E-state index >= 15 is 0 Å². The first-order chi connectivity index (χ1) is 10.4. The number of anilines is 1. The number of hydrazone groups is 1. The number of aryl methyl sites for hydroxylation is 1. The van der Waals surface area contributed by atoms with E-state index in [0.29, 0.717) is 0 Å². The van der Waals surface area contributed by atoms with E-state index in [4.69, 9.17) is 40.5 Å². The predicted octanol–water partition coefficient (Wildman–Crippen LogP) is 3.12. The lowest BCUT2D eigenvalue weighted by Gasteiger charge is -2.03. The lowest BCUT2D eigenvalue weighted by atomic mass is 10.1. The van der Waals surface area contributed by atoms with E-state index in [9.17, 15) is 4.79 Å². The molecule has 0 unspecified atom stereocenters. The normalized spacial score (nSPS) is 10.9. The maximum atomic E-state index is 12.1. The van der Waals surface area contributed by atoms with Crippen molar-refractivity contribution in [3.05, 3.63) is 56.3 Å². The fraction of sp³-hybridized carbons (Fsp3) is 0.0714. The Kier molecular flexibility index (Phi) is 5.24. The number of aromatic nitrogens is 1. The molecule has 4 N–H and O–H groups in total. The van der Waals surface area contributed by atoms with E-state index in [1.807, 2.05) is 31.2 Å². The SMILES string of the molecule is Cc1ccccc1/C=N/NC(=O)c1[nH+]c(Cl)c(Cl)c(N)c1Cl. The zero-order valence-electron chi connectivity index (χ0n) is 11.5. The molecule has 0 aliphatic rings. The van der Waals surface area contributed by atoms with Gasteiger partial charge in [-0.3, -0.25) is 4.79 Å². The Morgan fingerprint density at radius 2 is 1.95 bits per heavy atom. The van der Waals surface area contributed by atoms with Gasteiger partial charge in [0.15, 0.2) is 0 Å². The molecule has 0 aliphatic heterocycles. The molecule has 0 spiro atoms. The van der Waals surface area contributed by atoms with Crippen LogP contribution < -0.4 is 16.1 Å². The molecule has 0 aliphatic carbocycles. The predicted molar refractivity (Wildman–Crippen MR) is 88.7 cm³/mol. The van der Waals surface area contributed by atoms with Crippen LogP contribution in [0.5, 0.6) is 0 Å². The lowest BCUT2D eigenvalue weighted by Crippen LogP contribution is -2.28. The van der Waals surface area contributed by atoms with Crippen LogP contribution in [0.4, 0.5) is 5.69 Å². The van der Waals surface area contributed by atoms with Crippen molar-refractivity contribution in [2.75, 3.05) is 5.73 Å². The number of nitrogens with zero attached hydrogens (tertiary/aromatic N) is 1. The summed E-state index contributed by atoms with van der Waals surface area (Å²) in [6.07, 6.45) is 1.53. The van der Waals surface area contributed by atoms with Gasteiger partial charge in [-0.05, 0) is 29.7 Å². The molecule has 2 rings (SSSR count). The summed E-state index contributed by atoms with van der Waals surface area (Å²) in [6.45, 7) is 1.94. The molecule has 0 saturated carbocycles. The highest BCUT2D eigenvalue weighted by atomic mass is 35.5. The van der Waals surface area contributed by atoms with Gasteiger partial charge in [0.1, 0.15) is 10.0 Å². The summed E-state index contributed by atoms with van der Waals surface area (Å²) in [6, 6.07) is 7.60. The number of aromatic amines is 1. The minimum Gasteiger partial charge on any atom is -0.396 e. The monoisotopic (exact) mass is 357 g/mol. The van der Waals surface area contributed by atoms with Crippen LogP contribution in [0.3, 0.4) is 0 Å². The number of halogens is 3. The molecule has 22 heavy (non-hydrogen) atoms. The van der Waals surface area contributed by atoms with Gasteiger partial charge in [-0.2, -0.15) is 10.1 Å². The summed E-state index contributed by atoms with van der Waals surface area (Å²) in [5.41, 5.74) is 9.94. The summed E-state index contributed by atoms with van der Waals surface area (Å²) in [5, 5.41) is 3.95. The Morgan fingerprint density at radius 3 is 2.64 bits per heavy atom. The number of pyridine rings is 1. The van der Waals surface area contributed by atoms with Crippen molar-refractivity contribution < 1.29 is 9.78 Å². The molecule has 0 bridgehead atoms. The molecule has 1 aromatic heterocycles. The zero-order chi connectivity index (χ0) is 16.3. The average Bonchev–Trinajstić information content (AvgIpc) is 2.50. The topological polar surface area (TPSA) is 81.6 Å². The van der Waals surface area contributed by atoms with E-state index in [1.165, 1.54) is 6.21 Å². The average molecular weight is 359 g/mol. The van der Waals surface area contributed by atoms with Crippen LogP contribution in [0.25, 0.3) is 0 Å². The van der Waals surface area contributed by atoms with Crippen LogP contribution in [-0.4, -0.2) is 12.1 Å². The van der Waals surface area contributed by atoms with Gasteiger partial charge in [0.25, 0.3) is 10.8 Å². The highest BCUT2D eigenvalue weighted by molar-refractivity contribution is 6.45. The van der Waals surface area contributed by atoms with Crippen molar-refractivity contribution in [1.29, 1.82) is 0 Å². The number of hydrogen-bond acceptors (Lipinski definition) is 3. The quantitative estimate of drug-likeness (QED) is 0.502. The van der Waals surface area contributed by atoms with E-state index in [-0.39, 0.29) is 26.6 Å². The first kappa shape index (κ1) is 16.5. The van der Waals surface area contributed by atoms with Gasteiger partial charge in [0.05, 0.1) is 11.9 Å². The number of carbonyl (C=O) groups is 1. The van der Waals surface area contributed by atoms with E-state index in [0.717, 1.165) is 11.1 Å². The maximum Gasteiger partial charge on any atom is 0.337 e. The summed E-state index contributed by atoms with van der Waals surface area (Å²) in [7, 11) is 0. The number of nitrogen functional groups attached to an aromatic ring is 1. The standard InChI is InChI=1S/C14H11Cl3N4O/c1-7-4-2-3-5-8(7)6-19-21-14(22)12-9(15)11(18)10(16)13(17)20-12/h2-6H,1H3,(H2,18,20)(H,21,22)/p+1/b19-6+. The molecule has 1 heterocycles. The van der Waals surface area contributed by atoms with Gasteiger partial charge in [-0.15, -0.1) is 0 Å². The van der Waals surface area contributed by atoms with Gasteiger partial charge in [-0.1, -0.05) is 47.5 Å². The highest BCUT2D eigenvalue weighted by Crippen LogP contribution is 2.31. The molecule has 8 heteroatoms. The third kappa shape index (κ3) is 3.50. The second-order valence-corrected chi connectivity index (χ2v) is 5.55. The molecule has 0 fully saturated rings. The fourth-order valence-corrected chi connectivity index (χ4v) is 2.29. The van der Waals surface area contributed by atoms with Gasteiger partial charge < -0.3 is 5.73 Å². The highest BCUT2D eigenvalue weighted by Gasteiger charge is 2.25. The summed E-state index contributed by atoms with van der Waals surface area (Å²) in [4.78, 5) is 14.6. The molecule has 114 valence electrons. The summed E-state index contributed by atoms with van der Waals surface area (Å²) >= 11 is 17.6. The molecule has 5 nitrogen and oxygen atoms in total. The largest absolute Gasteiger partial charge is 0.396 e. The van der Waals surface area contributed by atoms with E-state index < -0.39 is 5.91 Å². The number of carbonyl (C=O) groups excluding carboxylic acids is 1. The van der Waals surface area contributed by atoms with Gasteiger partial charge in [0, 0.05) is 0 Å².